The summed E-state index contributed by atoms with van der Waals surface area (Å²) in [6.07, 6.45) is 11.1. The highest BCUT2D eigenvalue weighted by Gasteiger charge is 2.40. The fraction of sp³-hybridized carbons (Fsp3) is 0.875. The van der Waals surface area contributed by atoms with Crippen LogP contribution in [0, 0.1) is 5.41 Å². The molecule has 1 nitrogen and oxygen atoms in total. The molecule has 3 heteroatoms. The third-order valence-corrected chi connectivity index (χ3v) is 5.80. The first-order valence-electron chi connectivity index (χ1n) is 4.21. The molecule has 0 aromatic carbocycles. The molecule has 0 amide bonds. The van der Waals surface area contributed by atoms with Crippen LogP contribution >= 0.6 is 16.4 Å². The van der Waals surface area contributed by atoms with Gasteiger partial charge in [-0.3, -0.25) is 0 Å². The fourth-order valence-corrected chi connectivity index (χ4v) is 4.88. The van der Waals surface area contributed by atoms with E-state index in [1.54, 1.807) is 0 Å². The van der Waals surface area contributed by atoms with E-state index in [-0.39, 0.29) is 7.55 Å². The van der Waals surface area contributed by atoms with Crippen molar-refractivity contribution in [2.75, 3.05) is 25.1 Å². The first-order chi connectivity index (χ1) is 5.31. The Kier molecular flexibility index (Phi) is 2.33. The van der Waals surface area contributed by atoms with Gasteiger partial charge in [0.05, 0.1) is 20.5 Å². The molecule has 0 aromatic heterocycles. The van der Waals surface area contributed by atoms with Crippen molar-refractivity contribution in [3.8, 4) is 0 Å². The van der Waals surface area contributed by atoms with Crippen LogP contribution in [0.5, 0.6) is 0 Å². The fourth-order valence-electron chi connectivity index (χ4n) is 1.81. The lowest BCUT2D eigenvalue weighted by molar-refractivity contribution is 0.208. The average molecular weight is 189 g/mol. The van der Waals surface area contributed by atoms with E-state index in [1.807, 2.05) is 0 Å². The largest absolute Gasteiger partial charge is 0.362 e. The van der Waals surface area contributed by atoms with Gasteiger partial charge in [-0.25, -0.2) is 0 Å². The molecule has 0 N–H and O–H groups in total. The van der Waals surface area contributed by atoms with Gasteiger partial charge in [0, 0.05) is 14.2 Å². The van der Waals surface area contributed by atoms with Gasteiger partial charge in [-0.2, -0.15) is 0 Å². The minimum Gasteiger partial charge on any atom is -0.362 e. The standard InChI is InChI=1S/C8H15OP2/c1-11-4-2-8(3-5-11)6-9-10-7-8/h10H,1-7H2/q+1. The zero-order valence-electron chi connectivity index (χ0n) is 6.81. The van der Waals surface area contributed by atoms with Gasteiger partial charge in [0.1, 0.15) is 12.3 Å². The van der Waals surface area contributed by atoms with Crippen molar-refractivity contribution < 1.29 is 4.52 Å². The van der Waals surface area contributed by atoms with Gasteiger partial charge in [0.15, 0.2) is 0 Å². The second-order valence-corrected chi connectivity index (χ2v) is 6.89. The lowest BCUT2D eigenvalue weighted by Gasteiger charge is -2.27. The summed E-state index contributed by atoms with van der Waals surface area (Å²) in [5, 5.41) is 0. The molecule has 2 aliphatic rings. The van der Waals surface area contributed by atoms with Crippen LogP contribution in [0.2, 0.25) is 0 Å². The summed E-state index contributed by atoms with van der Waals surface area (Å²) in [5.74, 6) is 0. The lowest BCUT2D eigenvalue weighted by Crippen LogP contribution is -2.28. The molecule has 0 aromatic rings. The third-order valence-electron chi connectivity index (χ3n) is 2.84. The van der Waals surface area contributed by atoms with Crippen LogP contribution in [0.3, 0.4) is 0 Å². The van der Waals surface area contributed by atoms with E-state index in [4.69, 9.17) is 4.52 Å². The monoisotopic (exact) mass is 189 g/mol. The average Bonchev–Trinajstić information content (AvgIpc) is 2.45. The van der Waals surface area contributed by atoms with Gasteiger partial charge < -0.3 is 4.52 Å². The van der Waals surface area contributed by atoms with E-state index in [0.717, 1.165) is 15.4 Å². The van der Waals surface area contributed by atoms with Crippen LogP contribution in [-0.4, -0.2) is 31.4 Å². The zero-order chi connectivity index (χ0) is 7.73. The number of hydrogen-bond donors (Lipinski definition) is 0. The van der Waals surface area contributed by atoms with Gasteiger partial charge in [0.2, 0.25) is 0 Å². The zero-order valence-corrected chi connectivity index (χ0v) is 8.70. The molecule has 0 radical (unpaired) electrons. The van der Waals surface area contributed by atoms with Crippen LogP contribution in [0.25, 0.3) is 0 Å². The van der Waals surface area contributed by atoms with Crippen molar-refractivity contribution in [3.05, 3.63) is 0 Å². The molecule has 0 saturated carbocycles. The molecule has 1 atom stereocenters. The van der Waals surface area contributed by atoms with E-state index in [0.29, 0.717) is 5.41 Å². The predicted molar refractivity (Wildman–Crippen MR) is 54.6 cm³/mol. The summed E-state index contributed by atoms with van der Waals surface area (Å²) in [7, 11) is 0.953. The summed E-state index contributed by atoms with van der Waals surface area (Å²) in [6.45, 7) is 1.05. The normalized spacial score (nSPS) is 43.8. The Morgan fingerprint density at radius 2 is 2.09 bits per heavy atom. The Morgan fingerprint density at radius 1 is 1.36 bits per heavy atom. The van der Waals surface area contributed by atoms with E-state index >= 15 is 0 Å². The topological polar surface area (TPSA) is 9.23 Å². The highest BCUT2D eigenvalue weighted by molar-refractivity contribution is 7.55. The molecule has 2 rings (SSSR count). The maximum absolute atomic E-state index is 5.49. The second-order valence-electron chi connectivity index (χ2n) is 3.73. The van der Waals surface area contributed by atoms with Crippen molar-refractivity contribution in [2.24, 2.45) is 5.41 Å². The molecule has 2 heterocycles. The molecular weight excluding hydrogens is 174 g/mol. The summed E-state index contributed by atoms with van der Waals surface area (Å²) >= 11 is 0. The number of hydrogen-bond acceptors (Lipinski definition) is 1. The molecule has 0 aliphatic carbocycles. The minimum absolute atomic E-state index is 0.164. The van der Waals surface area contributed by atoms with E-state index < -0.39 is 0 Å². The third kappa shape index (κ3) is 1.66. The van der Waals surface area contributed by atoms with Crippen molar-refractivity contribution in [3.63, 3.8) is 0 Å². The van der Waals surface area contributed by atoms with Crippen LogP contribution in [-0.2, 0) is 4.52 Å². The molecule has 2 saturated heterocycles. The van der Waals surface area contributed by atoms with Crippen molar-refractivity contribution in [1.82, 2.24) is 0 Å². The SMILES string of the molecule is C=[P+]1CCC2(CC1)COPC2. The number of rotatable bonds is 0. The molecule has 1 unspecified atom stereocenters. The second kappa shape index (κ2) is 3.13. The molecule has 1 spiro atoms. The van der Waals surface area contributed by atoms with Crippen molar-refractivity contribution in [1.29, 1.82) is 0 Å². The molecule has 62 valence electrons. The highest BCUT2D eigenvalue weighted by Crippen LogP contribution is 2.48. The smallest absolute Gasteiger partial charge is 0.106 e. The maximum Gasteiger partial charge on any atom is 0.106 e. The first kappa shape index (κ1) is 8.17. The van der Waals surface area contributed by atoms with Gasteiger partial charge in [0.25, 0.3) is 0 Å². The van der Waals surface area contributed by atoms with E-state index in [1.165, 1.54) is 31.3 Å². The van der Waals surface area contributed by atoms with Gasteiger partial charge in [-0.05, 0) is 19.0 Å². The van der Waals surface area contributed by atoms with Gasteiger partial charge in [-0.1, -0.05) is 0 Å². The van der Waals surface area contributed by atoms with E-state index in [2.05, 4.69) is 6.30 Å². The van der Waals surface area contributed by atoms with E-state index in [9.17, 15) is 0 Å². The molecule has 11 heavy (non-hydrogen) atoms. The Hall–Kier alpha value is 0.560. The summed E-state index contributed by atoms with van der Waals surface area (Å²) in [5.41, 5.74) is 0.620. The quantitative estimate of drug-likeness (QED) is 0.531. The maximum atomic E-state index is 5.49. The van der Waals surface area contributed by atoms with Gasteiger partial charge >= 0.3 is 0 Å². The Bertz CT molecular complexity index is 161. The highest BCUT2D eigenvalue weighted by atomic mass is 31.1. The Balaban J connectivity index is 1.99. The van der Waals surface area contributed by atoms with Crippen LogP contribution < -0.4 is 0 Å². The summed E-state index contributed by atoms with van der Waals surface area (Å²) < 4.78 is 5.49. The molecule has 2 aliphatic heterocycles. The molecule has 2 fully saturated rings. The van der Waals surface area contributed by atoms with Crippen molar-refractivity contribution in [2.45, 2.75) is 12.8 Å². The van der Waals surface area contributed by atoms with Crippen LogP contribution in [0.4, 0.5) is 0 Å². The Labute approximate surface area is 71.2 Å². The minimum atomic E-state index is 0.164. The Morgan fingerprint density at radius 3 is 2.64 bits per heavy atom. The predicted octanol–water partition coefficient (Wildman–Crippen LogP) is 2.30. The van der Waals surface area contributed by atoms with Gasteiger partial charge in [-0.15, -0.1) is 0 Å². The molecule has 0 bridgehead atoms. The lowest BCUT2D eigenvalue weighted by atomic mass is 9.85. The van der Waals surface area contributed by atoms with Crippen molar-refractivity contribution >= 4 is 22.7 Å². The van der Waals surface area contributed by atoms with Crippen LogP contribution in [0.15, 0.2) is 0 Å². The summed E-state index contributed by atoms with van der Waals surface area (Å²) in [6, 6.07) is 0. The molecular formula is C8H15OP2+. The first-order valence-corrected chi connectivity index (χ1v) is 7.22. The van der Waals surface area contributed by atoms with Crippen LogP contribution in [0.1, 0.15) is 12.8 Å². The summed E-state index contributed by atoms with van der Waals surface area (Å²) in [4.78, 5) is 0.